The van der Waals surface area contributed by atoms with Crippen molar-refractivity contribution in [1.82, 2.24) is 14.3 Å². The number of rotatable bonds is 8. The molecule has 0 aliphatic heterocycles. The number of benzene rings is 1. The lowest BCUT2D eigenvalue weighted by Gasteiger charge is -2.10. The molecular weight excluding hydrogens is 388 g/mol. The van der Waals surface area contributed by atoms with Gasteiger partial charge in [0.2, 0.25) is 20.0 Å². The monoisotopic (exact) mass is 408 g/mol. The zero-order chi connectivity index (χ0) is 19.5. The molecule has 0 unspecified atom stereocenters. The van der Waals surface area contributed by atoms with Gasteiger partial charge in [-0.1, -0.05) is 19.1 Å². The summed E-state index contributed by atoms with van der Waals surface area (Å²) in [5.74, 6) is -0.385. The third-order valence-electron chi connectivity index (χ3n) is 3.98. The summed E-state index contributed by atoms with van der Waals surface area (Å²) in [6, 6.07) is 11.5. The van der Waals surface area contributed by atoms with Crippen LogP contribution >= 0.6 is 0 Å². The van der Waals surface area contributed by atoms with Gasteiger partial charge in [0.1, 0.15) is 0 Å². The molecule has 0 amide bonds. The maximum Gasteiger partial charge on any atom is 0.240 e. The molecule has 0 fully saturated rings. The first-order chi connectivity index (χ1) is 12.8. The van der Waals surface area contributed by atoms with Crippen molar-refractivity contribution in [3.05, 3.63) is 60.4 Å². The largest absolute Gasteiger partial charge is 0.283 e. The van der Waals surface area contributed by atoms with Crippen LogP contribution < -0.4 is 9.44 Å². The minimum Gasteiger partial charge on any atom is -0.283 e. The highest BCUT2D eigenvalue weighted by atomic mass is 32.2. The summed E-state index contributed by atoms with van der Waals surface area (Å²) < 4.78 is 55.3. The van der Waals surface area contributed by atoms with Gasteiger partial charge in [-0.25, -0.2) is 26.1 Å². The summed E-state index contributed by atoms with van der Waals surface area (Å²) in [7, 11) is -7.46. The Bertz CT molecular complexity index is 1140. The van der Waals surface area contributed by atoms with Crippen molar-refractivity contribution in [1.29, 1.82) is 0 Å². The van der Waals surface area contributed by atoms with Crippen LogP contribution in [0.4, 0.5) is 5.69 Å². The Hall–Kier alpha value is -2.43. The molecule has 2 aromatic heterocycles. The molecule has 0 bridgehead atoms. The van der Waals surface area contributed by atoms with Gasteiger partial charge in [0.15, 0.2) is 0 Å². The van der Waals surface area contributed by atoms with E-state index in [-0.39, 0.29) is 17.2 Å². The van der Waals surface area contributed by atoms with E-state index in [1.54, 1.807) is 47.2 Å². The Labute approximate surface area is 158 Å². The van der Waals surface area contributed by atoms with Crippen molar-refractivity contribution in [2.75, 3.05) is 17.0 Å². The number of pyridine rings is 1. The van der Waals surface area contributed by atoms with Crippen molar-refractivity contribution in [2.24, 2.45) is 0 Å². The van der Waals surface area contributed by atoms with Crippen molar-refractivity contribution in [3.8, 4) is 0 Å². The molecule has 2 heterocycles. The Morgan fingerprint density at radius 2 is 1.78 bits per heavy atom. The zero-order valence-corrected chi connectivity index (χ0v) is 16.3. The first kappa shape index (κ1) is 19.3. The standard InChI is InChI=1S/C17H20N4O4S2/c1-2-14-3-5-17(6-4-14)27(24,25)19-10-12-26(22,23)20-15-8-11-21-16(13-15)7-9-18-21/h3-9,11,13,19-20H,2,10,12H2,1H3. The van der Waals surface area contributed by atoms with Crippen molar-refractivity contribution >= 4 is 31.3 Å². The van der Waals surface area contributed by atoms with Crippen molar-refractivity contribution in [3.63, 3.8) is 0 Å². The zero-order valence-electron chi connectivity index (χ0n) is 14.7. The molecule has 0 radical (unpaired) electrons. The third kappa shape index (κ3) is 4.85. The van der Waals surface area contributed by atoms with Crippen LogP contribution in [0.3, 0.4) is 0 Å². The summed E-state index contributed by atoms with van der Waals surface area (Å²) in [6.45, 7) is 1.74. The number of nitrogens with zero attached hydrogens (tertiary/aromatic N) is 2. The molecule has 0 saturated heterocycles. The van der Waals surface area contributed by atoms with Gasteiger partial charge in [0.05, 0.1) is 21.9 Å². The number of sulfonamides is 2. The third-order valence-corrected chi connectivity index (χ3v) is 6.74. The summed E-state index contributed by atoms with van der Waals surface area (Å²) in [6.07, 6.45) is 4.05. The van der Waals surface area contributed by atoms with Crippen LogP contribution in [-0.2, 0) is 26.5 Å². The van der Waals surface area contributed by atoms with E-state index in [4.69, 9.17) is 0 Å². The van der Waals surface area contributed by atoms with Gasteiger partial charge >= 0.3 is 0 Å². The number of fused-ring (bicyclic) bond motifs is 1. The first-order valence-electron chi connectivity index (χ1n) is 8.31. The predicted molar refractivity (Wildman–Crippen MR) is 104 cm³/mol. The van der Waals surface area contributed by atoms with E-state index in [1.807, 2.05) is 6.92 Å². The fraction of sp³-hybridized carbons (Fsp3) is 0.235. The van der Waals surface area contributed by atoms with Crippen LogP contribution in [0.5, 0.6) is 0 Å². The Morgan fingerprint density at radius 3 is 2.48 bits per heavy atom. The van der Waals surface area contributed by atoms with E-state index in [0.717, 1.165) is 17.5 Å². The van der Waals surface area contributed by atoms with E-state index < -0.39 is 20.0 Å². The molecule has 1 aromatic carbocycles. The van der Waals surface area contributed by atoms with Crippen molar-refractivity contribution < 1.29 is 16.8 Å². The number of aryl methyl sites for hydroxylation is 1. The molecule has 2 N–H and O–H groups in total. The molecule has 0 aliphatic rings. The van der Waals surface area contributed by atoms with Crippen LogP contribution in [-0.4, -0.2) is 38.7 Å². The number of nitrogens with one attached hydrogen (secondary N) is 2. The molecular formula is C17H20N4O4S2. The molecule has 0 spiro atoms. The smallest absolute Gasteiger partial charge is 0.240 e. The highest BCUT2D eigenvalue weighted by molar-refractivity contribution is 7.92. The highest BCUT2D eigenvalue weighted by Gasteiger charge is 2.16. The van der Waals surface area contributed by atoms with Gasteiger partial charge in [0.25, 0.3) is 0 Å². The Kier molecular flexibility index (Phi) is 5.49. The number of aromatic nitrogens is 2. The van der Waals surface area contributed by atoms with Crippen molar-refractivity contribution in [2.45, 2.75) is 18.2 Å². The lowest BCUT2D eigenvalue weighted by Crippen LogP contribution is -2.31. The summed E-state index contributed by atoms with van der Waals surface area (Å²) in [4.78, 5) is 0.108. The molecule has 0 saturated carbocycles. The number of hydrogen-bond donors (Lipinski definition) is 2. The van der Waals surface area contributed by atoms with Gasteiger partial charge < -0.3 is 0 Å². The van der Waals surface area contributed by atoms with E-state index in [2.05, 4.69) is 14.5 Å². The van der Waals surface area contributed by atoms with Gasteiger partial charge in [-0.05, 0) is 42.3 Å². The van der Waals surface area contributed by atoms with Crippen LogP contribution in [0.1, 0.15) is 12.5 Å². The SMILES string of the molecule is CCc1ccc(S(=O)(=O)NCCS(=O)(=O)Nc2ccn3nccc3c2)cc1. The maximum atomic E-state index is 12.3. The minimum atomic E-state index is -3.76. The fourth-order valence-corrected chi connectivity index (χ4v) is 4.63. The molecule has 0 aliphatic carbocycles. The first-order valence-corrected chi connectivity index (χ1v) is 11.5. The maximum absolute atomic E-state index is 12.3. The second kappa shape index (κ2) is 7.67. The molecule has 3 aromatic rings. The quantitative estimate of drug-likeness (QED) is 0.589. The van der Waals surface area contributed by atoms with Crippen LogP contribution in [0.25, 0.3) is 5.52 Å². The van der Waals surface area contributed by atoms with E-state index in [9.17, 15) is 16.8 Å². The lowest BCUT2D eigenvalue weighted by atomic mass is 10.2. The van der Waals surface area contributed by atoms with E-state index in [0.29, 0.717) is 5.69 Å². The average Bonchev–Trinajstić information content (AvgIpc) is 3.08. The fourth-order valence-electron chi connectivity index (χ4n) is 2.51. The molecule has 3 rings (SSSR count). The van der Waals surface area contributed by atoms with Gasteiger partial charge in [0, 0.05) is 18.9 Å². The molecule has 144 valence electrons. The van der Waals surface area contributed by atoms with Crippen LogP contribution in [0, 0.1) is 0 Å². The lowest BCUT2D eigenvalue weighted by molar-refractivity contribution is 0.582. The summed E-state index contributed by atoms with van der Waals surface area (Å²) in [5.41, 5.74) is 2.16. The number of anilines is 1. The minimum absolute atomic E-state index is 0.108. The van der Waals surface area contributed by atoms with Gasteiger partial charge in [-0.3, -0.25) is 4.72 Å². The van der Waals surface area contributed by atoms with E-state index >= 15 is 0 Å². The van der Waals surface area contributed by atoms with Gasteiger partial charge in [-0.15, -0.1) is 0 Å². The highest BCUT2D eigenvalue weighted by Crippen LogP contribution is 2.14. The van der Waals surface area contributed by atoms with Crippen LogP contribution in [0.15, 0.2) is 59.8 Å². The van der Waals surface area contributed by atoms with Crippen LogP contribution in [0.2, 0.25) is 0 Å². The normalized spacial score (nSPS) is 12.3. The molecule has 0 atom stereocenters. The van der Waals surface area contributed by atoms with E-state index in [1.165, 1.54) is 12.1 Å². The summed E-state index contributed by atoms with van der Waals surface area (Å²) >= 11 is 0. The molecule has 8 nitrogen and oxygen atoms in total. The second-order valence-corrected chi connectivity index (χ2v) is 9.54. The molecule has 27 heavy (non-hydrogen) atoms. The number of hydrogen-bond acceptors (Lipinski definition) is 5. The second-order valence-electron chi connectivity index (χ2n) is 5.93. The molecule has 10 heteroatoms. The topological polar surface area (TPSA) is 110 Å². The average molecular weight is 409 g/mol. The Morgan fingerprint density at radius 1 is 1.04 bits per heavy atom. The summed E-state index contributed by atoms with van der Waals surface area (Å²) in [5, 5.41) is 4.04. The predicted octanol–water partition coefficient (Wildman–Crippen LogP) is 1.62. The Balaban J connectivity index is 1.60. The van der Waals surface area contributed by atoms with Gasteiger partial charge in [-0.2, -0.15) is 5.10 Å².